The van der Waals surface area contributed by atoms with Crippen LogP contribution < -0.4 is 5.32 Å². The van der Waals surface area contributed by atoms with E-state index in [-0.39, 0.29) is 18.1 Å². The molecule has 0 amide bonds. The van der Waals surface area contributed by atoms with Crippen molar-refractivity contribution in [2.75, 3.05) is 7.11 Å². The minimum atomic E-state index is -0.306. The zero-order valence-corrected chi connectivity index (χ0v) is 11.2. The van der Waals surface area contributed by atoms with Gasteiger partial charge in [-0.3, -0.25) is 9.48 Å². The van der Waals surface area contributed by atoms with Crippen molar-refractivity contribution in [3.8, 4) is 0 Å². The third-order valence-electron chi connectivity index (χ3n) is 2.15. The van der Waals surface area contributed by atoms with Gasteiger partial charge in [-0.1, -0.05) is 0 Å². The van der Waals surface area contributed by atoms with Gasteiger partial charge < -0.3 is 10.1 Å². The highest BCUT2D eigenvalue weighted by Gasteiger charge is 2.15. The first-order chi connectivity index (χ1) is 7.52. The van der Waals surface area contributed by atoms with E-state index in [0.29, 0.717) is 6.54 Å². The average Bonchev–Trinajstić information content (AvgIpc) is 2.62. The largest absolute Gasteiger partial charge is 0.468 e. The molecule has 0 aliphatic carbocycles. The molecule has 1 aromatic heterocycles. The highest BCUT2D eigenvalue weighted by Crippen LogP contribution is 2.06. The molecular formula is C10H16BrN3O2. The van der Waals surface area contributed by atoms with Crippen molar-refractivity contribution in [3.63, 3.8) is 0 Å². The van der Waals surface area contributed by atoms with E-state index in [1.807, 2.05) is 17.8 Å². The van der Waals surface area contributed by atoms with Crippen LogP contribution in [-0.4, -0.2) is 34.9 Å². The SMILES string of the molecule is COC(=O)[C@@H](C)N[C@@H](C)Cn1cc(Br)cn1. The standard InChI is InChI=1S/C10H16BrN3O2/c1-7(13-8(2)10(15)16-3)5-14-6-9(11)4-12-14/h4,6-8,13H,5H2,1-3H3/t7-,8+/m0/s1. The van der Waals surface area contributed by atoms with Crippen LogP contribution in [0.1, 0.15) is 13.8 Å². The van der Waals surface area contributed by atoms with Crippen molar-refractivity contribution < 1.29 is 9.53 Å². The molecule has 0 spiro atoms. The third kappa shape index (κ3) is 3.94. The molecule has 0 aliphatic rings. The second-order valence-corrected chi connectivity index (χ2v) is 4.61. The number of carbonyl (C=O) groups excluding carboxylic acids is 1. The summed E-state index contributed by atoms with van der Waals surface area (Å²) in [5, 5.41) is 7.28. The molecule has 1 aromatic rings. The Morgan fingerprint density at radius 3 is 2.88 bits per heavy atom. The summed E-state index contributed by atoms with van der Waals surface area (Å²) in [5.74, 6) is -0.256. The summed E-state index contributed by atoms with van der Waals surface area (Å²) in [7, 11) is 1.38. The molecule has 0 radical (unpaired) electrons. The first-order valence-electron chi connectivity index (χ1n) is 5.04. The Balaban J connectivity index is 2.41. The van der Waals surface area contributed by atoms with Crippen molar-refractivity contribution in [1.29, 1.82) is 0 Å². The lowest BCUT2D eigenvalue weighted by Gasteiger charge is -2.18. The lowest BCUT2D eigenvalue weighted by Crippen LogP contribution is -2.42. The van der Waals surface area contributed by atoms with Gasteiger partial charge in [0.1, 0.15) is 6.04 Å². The molecule has 0 fully saturated rings. The lowest BCUT2D eigenvalue weighted by atomic mass is 10.2. The number of hydrogen-bond donors (Lipinski definition) is 1. The lowest BCUT2D eigenvalue weighted by molar-refractivity contribution is -0.142. The number of ether oxygens (including phenoxy) is 1. The third-order valence-corrected chi connectivity index (χ3v) is 2.56. The second kappa shape index (κ2) is 6.00. The summed E-state index contributed by atoms with van der Waals surface area (Å²) in [6.07, 6.45) is 3.62. The van der Waals surface area contributed by atoms with Gasteiger partial charge in [0.25, 0.3) is 0 Å². The molecule has 5 nitrogen and oxygen atoms in total. The van der Waals surface area contributed by atoms with Crippen LogP contribution in [0.3, 0.4) is 0 Å². The summed E-state index contributed by atoms with van der Waals surface area (Å²) in [4.78, 5) is 11.2. The Bertz CT molecular complexity index is 354. The van der Waals surface area contributed by atoms with Gasteiger partial charge in [-0.05, 0) is 29.8 Å². The predicted octanol–water partition coefficient (Wildman–Crippen LogP) is 1.19. The van der Waals surface area contributed by atoms with E-state index >= 15 is 0 Å². The number of nitrogens with one attached hydrogen (secondary N) is 1. The van der Waals surface area contributed by atoms with E-state index < -0.39 is 0 Å². The summed E-state index contributed by atoms with van der Waals surface area (Å²) in [6, 6.07) is -0.167. The van der Waals surface area contributed by atoms with Crippen LogP contribution in [0.5, 0.6) is 0 Å². The van der Waals surface area contributed by atoms with E-state index in [4.69, 9.17) is 0 Å². The Hall–Kier alpha value is -0.880. The fourth-order valence-electron chi connectivity index (χ4n) is 1.44. The highest BCUT2D eigenvalue weighted by atomic mass is 79.9. The van der Waals surface area contributed by atoms with Crippen molar-refractivity contribution in [2.24, 2.45) is 0 Å². The number of aromatic nitrogens is 2. The number of esters is 1. The van der Waals surface area contributed by atoms with Gasteiger partial charge in [-0.15, -0.1) is 0 Å². The Labute approximate surface area is 103 Å². The van der Waals surface area contributed by atoms with E-state index in [2.05, 4.69) is 31.1 Å². The smallest absolute Gasteiger partial charge is 0.322 e. The van der Waals surface area contributed by atoms with Crippen molar-refractivity contribution in [2.45, 2.75) is 32.5 Å². The van der Waals surface area contributed by atoms with Crippen LogP contribution in [-0.2, 0) is 16.1 Å². The fourth-order valence-corrected chi connectivity index (χ4v) is 1.77. The summed E-state index contributed by atoms with van der Waals surface area (Å²) < 4.78 is 7.39. The molecule has 1 N–H and O–H groups in total. The number of methoxy groups -OCH3 is 1. The van der Waals surface area contributed by atoms with Crippen molar-refractivity contribution in [1.82, 2.24) is 15.1 Å². The summed E-state index contributed by atoms with van der Waals surface area (Å²) >= 11 is 3.33. The number of halogens is 1. The van der Waals surface area contributed by atoms with Crippen LogP contribution in [0.15, 0.2) is 16.9 Å². The van der Waals surface area contributed by atoms with Crippen molar-refractivity contribution >= 4 is 21.9 Å². The molecule has 0 saturated carbocycles. The Morgan fingerprint density at radius 1 is 1.69 bits per heavy atom. The molecule has 0 bridgehead atoms. The van der Waals surface area contributed by atoms with Crippen molar-refractivity contribution in [3.05, 3.63) is 16.9 Å². The zero-order chi connectivity index (χ0) is 12.1. The molecule has 0 aromatic carbocycles. The average molecular weight is 290 g/mol. The number of rotatable bonds is 5. The van der Waals surface area contributed by atoms with Crippen LogP contribution in [0.4, 0.5) is 0 Å². The van der Waals surface area contributed by atoms with Crippen LogP contribution in [0, 0.1) is 0 Å². The van der Waals surface area contributed by atoms with Gasteiger partial charge in [0.05, 0.1) is 24.3 Å². The summed E-state index contributed by atoms with van der Waals surface area (Å²) in [5.41, 5.74) is 0. The molecule has 6 heteroatoms. The molecule has 0 unspecified atom stereocenters. The van der Waals surface area contributed by atoms with E-state index in [0.717, 1.165) is 4.47 Å². The van der Waals surface area contributed by atoms with Gasteiger partial charge in [-0.2, -0.15) is 5.10 Å². The van der Waals surface area contributed by atoms with Crippen LogP contribution in [0.25, 0.3) is 0 Å². The number of carbonyl (C=O) groups is 1. The van der Waals surface area contributed by atoms with E-state index in [1.54, 1.807) is 13.1 Å². The van der Waals surface area contributed by atoms with Crippen LogP contribution in [0.2, 0.25) is 0 Å². The van der Waals surface area contributed by atoms with Gasteiger partial charge in [0.2, 0.25) is 0 Å². The molecular weight excluding hydrogens is 274 g/mol. The van der Waals surface area contributed by atoms with Crippen LogP contribution >= 0.6 is 15.9 Å². The predicted molar refractivity (Wildman–Crippen MR) is 64.0 cm³/mol. The maximum Gasteiger partial charge on any atom is 0.322 e. The van der Waals surface area contributed by atoms with E-state index in [9.17, 15) is 4.79 Å². The molecule has 0 aliphatic heterocycles. The normalized spacial score (nSPS) is 14.5. The van der Waals surface area contributed by atoms with Gasteiger partial charge in [-0.25, -0.2) is 0 Å². The number of nitrogens with zero attached hydrogens (tertiary/aromatic N) is 2. The first kappa shape index (κ1) is 13.2. The van der Waals surface area contributed by atoms with E-state index in [1.165, 1.54) is 7.11 Å². The Kier molecular flexibility index (Phi) is 4.95. The fraction of sp³-hybridized carbons (Fsp3) is 0.600. The highest BCUT2D eigenvalue weighted by molar-refractivity contribution is 9.10. The van der Waals surface area contributed by atoms with Gasteiger partial charge >= 0.3 is 5.97 Å². The first-order valence-corrected chi connectivity index (χ1v) is 5.84. The summed E-state index contributed by atoms with van der Waals surface area (Å²) in [6.45, 7) is 4.48. The molecule has 1 rings (SSSR count). The molecule has 2 atom stereocenters. The molecule has 16 heavy (non-hydrogen) atoms. The number of hydrogen-bond acceptors (Lipinski definition) is 4. The second-order valence-electron chi connectivity index (χ2n) is 3.69. The minimum absolute atomic E-state index is 0.140. The maximum absolute atomic E-state index is 11.2. The van der Waals surface area contributed by atoms with Gasteiger partial charge in [0.15, 0.2) is 0 Å². The Morgan fingerprint density at radius 2 is 2.38 bits per heavy atom. The molecule has 1 heterocycles. The molecule has 0 saturated heterocycles. The maximum atomic E-state index is 11.2. The van der Waals surface area contributed by atoms with Gasteiger partial charge in [0, 0.05) is 12.2 Å². The zero-order valence-electron chi connectivity index (χ0n) is 9.61. The topological polar surface area (TPSA) is 56.1 Å². The quantitative estimate of drug-likeness (QED) is 0.828. The molecule has 90 valence electrons. The monoisotopic (exact) mass is 289 g/mol. The minimum Gasteiger partial charge on any atom is -0.468 e.